The van der Waals surface area contributed by atoms with Gasteiger partial charge in [0.25, 0.3) is 0 Å². The molecule has 4 atom stereocenters. The average molecular weight is 363 g/mol. The molecule has 8 heteroatoms. The lowest BCUT2D eigenvalue weighted by molar-refractivity contribution is -0.144. The molecule has 0 saturated carbocycles. The quantitative estimate of drug-likeness (QED) is 0.326. The number of rotatable bonds is 11. The third-order valence-electron chi connectivity index (χ3n) is 3.43. The van der Waals surface area contributed by atoms with Gasteiger partial charge < -0.3 is 19.9 Å². The van der Waals surface area contributed by atoms with Gasteiger partial charge >= 0.3 is 5.97 Å². The monoisotopic (exact) mass is 363 g/mol. The molecule has 0 heterocycles. The molecule has 0 saturated heterocycles. The highest BCUT2D eigenvalue weighted by Gasteiger charge is 2.31. The zero-order valence-electron chi connectivity index (χ0n) is 15.0. The maximum atomic E-state index is 12.1. The second-order valence-corrected chi connectivity index (χ2v) is 6.80. The number of hydrogen-bond acceptors (Lipinski definition) is 7. The van der Waals surface area contributed by atoms with Crippen molar-refractivity contribution in [1.29, 1.82) is 0 Å². The molecule has 0 fully saturated rings. The number of carbonyl (C=O) groups excluding carboxylic acids is 3. The van der Waals surface area contributed by atoms with E-state index >= 15 is 0 Å². The minimum atomic E-state index is -1.24. The molecule has 7 nitrogen and oxygen atoms in total. The first-order valence-corrected chi connectivity index (χ1v) is 9.09. The third kappa shape index (κ3) is 8.65. The van der Waals surface area contributed by atoms with Gasteiger partial charge in [-0.05, 0) is 20.3 Å². The number of thioether (sulfide) groups is 1. The Morgan fingerprint density at radius 1 is 1.12 bits per heavy atom. The largest absolute Gasteiger partial charge is 0.466 e. The molecule has 0 spiro atoms. The third-order valence-corrected chi connectivity index (χ3v) is 4.50. The Labute approximate surface area is 147 Å². The minimum absolute atomic E-state index is 0.211. The topological polar surface area (TPSA) is 102 Å². The fourth-order valence-electron chi connectivity index (χ4n) is 1.84. The number of ether oxygens (including phenoxy) is 2. The summed E-state index contributed by atoms with van der Waals surface area (Å²) in [5.41, 5.74) is 0. The van der Waals surface area contributed by atoms with Crippen LogP contribution in [0.15, 0.2) is 0 Å². The fourth-order valence-corrected chi connectivity index (χ4v) is 2.80. The number of aliphatic hydroxyl groups excluding tert-OH is 1. The van der Waals surface area contributed by atoms with Crippen LogP contribution < -0.4 is 5.32 Å². The molecule has 0 aliphatic rings. The lowest BCUT2D eigenvalue weighted by Crippen LogP contribution is -2.51. The Hall–Kier alpha value is -1.12. The van der Waals surface area contributed by atoms with Crippen LogP contribution in [0, 0.1) is 5.92 Å². The van der Waals surface area contributed by atoms with E-state index in [1.54, 1.807) is 27.7 Å². The predicted octanol–water partition coefficient (Wildman–Crippen LogP) is 1.47. The summed E-state index contributed by atoms with van der Waals surface area (Å²) in [5, 5.41) is 12.0. The molecule has 0 radical (unpaired) electrons. The van der Waals surface area contributed by atoms with Crippen LogP contribution in [-0.4, -0.2) is 52.9 Å². The highest BCUT2D eigenvalue weighted by atomic mass is 32.2. The van der Waals surface area contributed by atoms with Crippen LogP contribution in [0.4, 0.5) is 0 Å². The molecule has 0 aromatic carbocycles. The summed E-state index contributed by atoms with van der Waals surface area (Å²) in [6.45, 7) is 9.23. The zero-order valence-corrected chi connectivity index (χ0v) is 15.9. The van der Waals surface area contributed by atoms with Crippen LogP contribution in [-0.2, 0) is 23.9 Å². The highest BCUT2D eigenvalue weighted by molar-refractivity contribution is 8.14. The van der Waals surface area contributed by atoms with E-state index in [0.717, 1.165) is 11.8 Å². The number of aliphatic hydroxyl groups is 1. The maximum Gasteiger partial charge on any atom is 0.314 e. The standard InChI is InChI=1S/C16H29NO6S/c1-6-10(4)15(20)17-14(16(21)23-8-3)11(5)24-13(19)9-12(18)22-7-2/h10-11,14,16,21H,6-9H2,1-5H3,(H,17,20). The first-order valence-electron chi connectivity index (χ1n) is 8.21. The maximum absolute atomic E-state index is 12.1. The molecule has 1 amide bonds. The smallest absolute Gasteiger partial charge is 0.314 e. The second-order valence-electron chi connectivity index (χ2n) is 5.37. The van der Waals surface area contributed by atoms with Gasteiger partial charge in [-0.15, -0.1) is 0 Å². The van der Waals surface area contributed by atoms with E-state index in [1.807, 2.05) is 6.92 Å². The summed E-state index contributed by atoms with van der Waals surface area (Å²) in [4.78, 5) is 35.4. The van der Waals surface area contributed by atoms with Crippen molar-refractivity contribution in [2.45, 2.75) is 65.0 Å². The number of amides is 1. The predicted molar refractivity (Wildman–Crippen MR) is 92.3 cm³/mol. The van der Waals surface area contributed by atoms with E-state index in [4.69, 9.17) is 9.47 Å². The summed E-state index contributed by atoms with van der Waals surface area (Å²) >= 11 is 0.883. The van der Waals surface area contributed by atoms with Gasteiger partial charge in [-0.25, -0.2) is 0 Å². The van der Waals surface area contributed by atoms with Crippen LogP contribution >= 0.6 is 11.8 Å². The zero-order chi connectivity index (χ0) is 18.7. The molecule has 24 heavy (non-hydrogen) atoms. The summed E-state index contributed by atoms with van der Waals surface area (Å²) in [6, 6.07) is -0.761. The fraction of sp³-hybridized carbons (Fsp3) is 0.812. The number of nitrogens with one attached hydrogen (secondary N) is 1. The molecule has 140 valence electrons. The molecule has 2 N–H and O–H groups in total. The van der Waals surface area contributed by atoms with Crippen molar-refractivity contribution in [3.05, 3.63) is 0 Å². The molecule has 0 bridgehead atoms. The number of carbonyl (C=O) groups is 3. The van der Waals surface area contributed by atoms with Crippen molar-refractivity contribution in [3.63, 3.8) is 0 Å². The first-order chi connectivity index (χ1) is 11.3. The summed E-state index contributed by atoms with van der Waals surface area (Å²) in [6.07, 6.45) is -0.924. The van der Waals surface area contributed by atoms with E-state index in [9.17, 15) is 19.5 Å². The van der Waals surface area contributed by atoms with Gasteiger partial charge in [0.1, 0.15) is 6.42 Å². The summed E-state index contributed by atoms with van der Waals surface area (Å²) in [7, 11) is 0. The minimum Gasteiger partial charge on any atom is -0.466 e. The van der Waals surface area contributed by atoms with E-state index in [2.05, 4.69) is 5.32 Å². The van der Waals surface area contributed by atoms with Crippen molar-refractivity contribution in [1.82, 2.24) is 5.32 Å². The van der Waals surface area contributed by atoms with Gasteiger partial charge in [-0.2, -0.15) is 0 Å². The Morgan fingerprint density at radius 2 is 1.75 bits per heavy atom. The van der Waals surface area contributed by atoms with E-state index in [0.29, 0.717) is 6.42 Å². The van der Waals surface area contributed by atoms with Gasteiger partial charge in [0.15, 0.2) is 11.4 Å². The SMILES string of the molecule is CCOC(=O)CC(=O)SC(C)C(NC(=O)C(C)CC)C(O)OCC. The molecule has 0 rings (SSSR count). The van der Waals surface area contributed by atoms with Gasteiger partial charge in [0.05, 0.1) is 12.6 Å². The van der Waals surface area contributed by atoms with Gasteiger partial charge in [0.2, 0.25) is 5.91 Å². The van der Waals surface area contributed by atoms with Crippen molar-refractivity contribution in [2.75, 3.05) is 13.2 Å². The normalized spacial score (nSPS) is 15.9. The van der Waals surface area contributed by atoms with Gasteiger partial charge in [-0.1, -0.05) is 32.5 Å². The van der Waals surface area contributed by atoms with Crippen LogP contribution in [0.1, 0.15) is 47.5 Å². The van der Waals surface area contributed by atoms with Gasteiger partial charge in [-0.3, -0.25) is 14.4 Å². The molecule has 0 aromatic rings. The van der Waals surface area contributed by atoms with Crippen LogP contribution in [0.2, 0.25) is 0 Å². The molecule has 0 aliphatic heterocycles. The lowest BCUT2D eigenvalue weighted by Gasteiger charge is -2.29. The van der Waals surface area contributed by atoms with Crippen LogP contribution in [0.5, 0.6) is 0 Å². The molecule has 0 aliphatic carbocycles. The number of hydrogen-bond donors (Lipinski definition) is 2. The lowest BCUT2D eigenvalue weighted by atomic mass is 10.1. The Kier molecular flexibility index (Phi) is 11.7. The highest BCUT2D eigenvalue weighted by Crippen LogP contribution is 2.21. The second kappa shape index (κ2) is 12.3. The van der Waals surface area contributed by atoms with Crippen molar-refractivity contribution < 1.29 is 29.0 Å². The summed E-state index contributed by atoms with van der Waals surface area (Å²) < 4.78 is 9.90. The van der Waals surface area contributed by atoms with E-state index in [-0.39, 0.29) is 36.6 Å². The Bertz CT molecular complexity index is 417. The summed E-state index contributed by atoms with van der Waals surface area (Å²) in [5.74, 6) is -1.02. The molecular weight excluding hydrogens is 334 g/mol. The van der Waals surface area contributed by atoms with Gasteiger partial charge in [0, 0.05) is 17.8 Å². The average Bonchev–Trinajstić information content (AvgIpc) is 2.51. The van der Waals surface area contributed by atoms with Crippen molar-refractivity contribution >= 4 is 28.8 Å². The molecular formula is C16H29NO6S. The molecule has 0 aromatic heterocycles. The van der Waals surface area contributed by atoms with E-state index in [1.165, 1.54) is 0 Å². The first kappa shape index (κ1) is 22.9. The van der Waals surface area contributed by atoms with Crippen molar-refractivity contribution in [2.24, 2.45) is 5.92 Å². The van der Waals surface area contributed by atoms with E-state index < -0.39 is 23.6 Å². The van der Waals surface area contributed by atoms with Crippen molar-refractivity contribution in [3.8, 4) is 0 Å². The Morgan fingerprint density at radius 3 is 2.25 bits per heavy atom. The molecule has 4 unspecified atom stereocenters. The van der Waals surface area contributed by atoms with Crippen LogP contribution in [0.25, 0.3) is 0 Å². The van der Waals surface area contributed by atoms with Crippen LogP contribution in [0.3, 0.4) is 0 Å². The number of esters is 1. The Balaban J connectivity index is 4.84.